The molecule has 2 aromatic heterocycles. The minimum Gasteiger partial charge on any atom is -0.485 e. The van der Waals surface area contributed by atoms with Crippen molar-refractivity contribution in [1.29, 1.82) is 0 Å². The molecule has 2 fully saturated rings. The molecule has 4 aliphatic rings. The number of nitrogens with one attached hydrogen (secondary N) is 1. The van der Waals surface area contributed by atoms with Crippen LogP contribution < -0.4 is 24.6 Å². The lowest BCUT2D eigenvalue weighted by molar-refractivity contribution is -0.118. The topological polar surface area (TPSA) is 96.9 Å². The van der Waals surface area contributed by atoms with E-state index in [2.05, 4.69) is 15.3 Å². The quantitative estimate of drug-likeness (QED) is 0.565. The highest BCUT2D eigenvalue weighted by atomic mass is 19.1. The normalized spacial score (nSPS) is 21.6. The number of fused-ring (bicyclic) bond motifs is 6. The Hall–Kier alpha value is -4.21. The van der Waals surface area contributed by atoms with E-state index in [1.165, 1.54) is 11.0 Å². The molecule has 37 heavy (non-hydrogen) atoms. The van der Waals surface area contributed by atoms with E-state index in [-0.39, 0.29) is 29.6 Å². The van der Waals surface area contributed by atoms with Crippen molar-refractivity contribution in [2.75, 3.05) is 28.3 Å². The van der Waals surface area contributed by atoms with Crippen LogP contribution in [-0.2, 0) is 9.59 Å². The lowest BCUT2D eigenvalue weighted by Crippen LogP contribution is -2.40. The lowest BCUT2D eigenvalue weighted by Gasteiger charge is -2.31. The van der Waals surface area contributed by atoms with Gasteiger partial charge in [-0.25, -0.2) is 14.4 Å². The second-order valence-corrected chi connectivity index (χ2v) is 9.81. The molecule has 4 aliphatic heterocycles. The van der Waals surface area contributed by atoms with Gasteiger partial charge in [0.2, 0.25) is 17.7 Å². The SMILES string of the molecule is CC1Oc2cc(N3CCCC3=O)c(F)cc2-c2cnc(Nc3cnc4c(c3)N3C(=O)CC[C@@H]3CO4)cc21. The Morgan fingerprint density at radius 1 is 1.03 bits per heavy atom. The number of halogens is 1. The predicted molar refractivity (Wildman–Crippen MR) is 134 cm³/mol. The molecule has 0 bridgehead atoms. The van der Waals surface area contributed by atoms with Crippen molar-refractivity contribution >= 4 is 34.7 Å². The fourth-order valence-electron chi connectivity index (χ4n) is 5.66. The van der Waals surface area contributed by atoms with Crippen molar-refractivity contribution in [2.45, 2.75) is 44.8 Å². The molecule has 2 saturated heterocycles. The molecular formula is C27H24FN5O4. The third-order valence-corrected chi connectivity index (χ3v) is 7.48. The van der Waals surface area contributed by atoms with E-state index >= 15 is 4.39 Å². The van der Waals surface area contributed by atoms with E-state index < -0.39 is 5.82 Å². The van der Waals surface area contributed by atoms with Crippen LogP contribution >= 0.6 is 0 Å². The Bertz CT molecular complexity index is 1480. The second-order valence-electron chi connectivity index (χ2n) is 9.81. The Morgan fingerprint density at radius 3 is 2.76 bits per heavy atom. The molecule has 10 heteroatoms. The number of hydrogen-bond donors (Lipinski definition) is 1. The van der Waals surface area contributed by atoms with E-state index in [4.69, 9.17) is 9.47 Å². The average Bonchev–Trinajstić information content (AvgIpc) is 3.49. The number of aromatic nitrogens is 2. The van der Waals surface area contributed by atoms with E-state index in [0.717, 1.165) is 24.0 Å². The van der Waals surface area contributed by atoms with Crippen LogP contribution in [0.25, 0.3) is 11.1 Å². The van der Waals surface area contributed by atoms with Crippen LogP contribution in [0.2, 0.25) is 0 Å². The number of carbonyl (C=O) groups is 2. The van der Waals surface area contributed by atoms with Gasteiger partial charge < -0.3 is 24.6 Å². The highest BCUT2D eigenvalue weighted by molar-refractivity contribution is 5.98. The van der Waals surface area contributed by atoms with Gasteiger partial charge in [-0.05, 0) is 38.0 Å². The summed E-state index contributed by atoms with van der Waals surface area (Å²) >= 11 is 0. The number of carbonyl (C=O) groups excluding carboxylic acids is 2. The summed E-state index contributed by atoms with van der Waals surface area (Å²) in [5, 5.41) is 3.26. The van der Waals surface area contributed by atoms with Gasteiger partial charge in [0, 0.05) is 48.3 Å². The first-order valence-electron chi connectivity index (χ1n) is 12.5. The molecule has 188 valence electrons. The summed E-state index contributed by atoms with van der Waals surface area (Å²) in [4.78, 5) is 36.8. The van der Waals surface area contributed by atoms with Crippen molar-refractivity contribution in [2.24, 2.45) is 0 Å². The van der Waals surface area contributed by atoms with Gasteiger partial charge in [0.05, 0.1) is 23.6 Å². The maximum atomic E-state index is 15.1. The molecule has 7 rings (SSSR count). The molecule has 6 heterocycles. The number of amides is 2. The molecule has 0 aliphatic carbocycles. The molecule has 3 aromatic rings. The van der Waals surface area contributed by atoms with Crippen LogP contribution in [-0.4, -0.2) is 41.0 Å². The van der Waals surface area contributed by atoms with E-state index in [0.29, 0.717) is 60.4 Å². The van der Waals surface area contributed by atoms with E-state index in [1.807, 2.05) is 19.1 Å². The highest BCUT2D eigenvalue weighted by Crippen LogP contribution is 2.46. The number of hydrogen-bond acceptors (Lipinski definition) is 7. The second kappa shape index (κ2) is 8.16. The molecular weight excluding hydrogens is 477 g/mol. The van der Waals surface area contributed by atoms with Crippen molar-refractivity contribution in [1.82, 2.24) is 9.97 Å². The number of anilines is 4. The van der Waals surface area contributed by atoms with Crippen LogP contribution in [0.3, 0.4) is 0 Å². The number of pyridine rings is 2. The zero-order chi connectivity index (χ0) is 25.3. The largest absolute Gasteiger partial charge is 0.485 e. The molecule has 1 unspecified atom stereocenters. The van der Waals surface area contributed by atoms with Gasteiger partial charge in [-0.2, -0.15) is 0 Å². The summed E-state index contributed by atoms with van der Waals surface area (Å²) in [5.74, 6) is 1.09. The summed E-state index contributed by atoms with van der Waals surface area (Å²) < 4.78 is 27.0. The van der Waals surface area contributed by atoms with Gasteiger partial charge in [0.25, 0.3) is 0 Å². The van der Waals surface area contributed by atoms with Crippen molar-refractivity contribution in [3.8, 4) is 22.8 Å². The minimum absolute atomic E-state index is 0.0430. The fraction of sp³-hybridized carbons (Fsp3) is 0.333. The number of benzene rings is 1. The standard InChI is InChI=1S/C27H24FN5O4/c1-14-17-9-24(31-15-7-22-27(30-11-15)36-13-16-4-5-26(35)33(16)22)29-12-19(17)18-8-20(28)21(10-23(18)37-14)32-6-2-3-25(32)34/h7-12,14,16H,2-6,13H2,1H3,(H,29,31)/t14?,16-/m1/s1. The zero-order valence-electron chi connectivity index (χ0n) is 20.2. The predicted octanol–water partition coefficient (Wildman–Crippen LogP) is 4.49. The van der Waals surface area contributed by atoms with Crippen LogP contribution in [0.5, 0.6) is 11.6 Å². The molecule has 0 spiro atoms. The first-order chi connectivity index (χ1) is 18.0. The molecule has 1 aromatic carbocycles. The monoisotopic (exact) mass is 501 g/mol. The maximum Gasteiger partial charge on any atom is 0.238 e. The van der Waals surface area contributed by atoms with Crippen molar-refractivity contribution in [3.63, 3.8) is 0 Å². The van der Waals surface area contributed by atoms with Gasteiger partial charge in [0.1, 0.15) is 35.8 Å². The number of ether oxygens (including phenoxy) is 2. The van der Waals surface area contributed by atoms with Gasteiger partial charge in [0.15, 0.2) is 0 Å². The third kappa shape index (κ3) is 3.50. The smallest absolute Gasteiger partial charge is 0.238 e. The van der Waals surface area contributed by atoms with Crippen LogP contribution in [0.4, 0.5) is 27.3 Å². The number of nitrogens with zero attached hydrogens (tertiary/aromatic N) is 4. The zero-order valence-corrected chi connectivity index (χ0v) is 20.2. The Morgan fingerprint density at radius 2 is 1.92 bits per heavy atom. The summed E-state index contributed by atoms with van der Waals surface area (Å²) in [6.45, 7) is 2.89. The van der Waals surface area contributed by atoms with Gasteiger partial charge in [-0.15, -0.1) is 0 Å². The van der Waals surface area contributed by atoms with E-state index in [9.17, 15) is 9.59 Å². The van der Waals surface area contributed by atoms with Crippen LogP contribution in [0.1, 0.15) is 44.3 Å². The molecule has 1 N–H and O–H groups in total. The fourth-order valence-corrected chi connectivity index (χ4v) is 5.66. The Kier molecular flexibility index (Phi) is 4.85. The number of rotatable bonds is 3. The third-order valence-electron chi connectivity index (χ3n) is 7.48. The minimum atomic E-state index is -0.461. The molecule has 2 amide bonds. The van der Waals surface area contributed by atoms with Crippen LogP contribution in [0, 0.1) is 5.82 Å². The maximum absolute atomic E-state index is 15.1. The lowest BCUT2D eigenvalue weighted by atomic mass is 9.94. The summed E-state index contributed by atoms with van der Waals surface area (Å²) in [6, 6.07) is 6.81. The van der Waals surface area contributed by atoms with Gasteiger partial charge in [-0.3, -0.25) is 9.59 Å². The molecule has 0 saturated carbocycles. The van der Waals surface area contributed by atoms with Crippen molar-refractivity contribution in [3.05, 3.63) is 48.0 Å². The van der Waals surface area contributed by atoms with Gasteiger partial charge in [-0.1, -0.05) is 0 Å². The molecule has 0 radical (unpaired) electrons. The van der Waals surface area contributed by atoms with Crippen LogP contribution in [0.15, 0.2) is 36.7 Å². The first-order valence-corrected chi connectivity index (χ1v) is 12.5. The summed E-state index contributed by atoms with van der Waals surface area (Å²) in [6.07, 6.45) is 5.47. The van der Waals surface area contributed by atoms with Crippen molar-refractivity contribution < 1.29 is 23.5 Å². The summed E-state index contributed by atoms with van der Waals surface area (Å²) in [7, 11) is 0. The summed E-state index contributed by atoms with van der Waals surface area (Å²) in [5.41, 5.74) is 3.83. The first kappa shape index (κ1) is 22.0. The average molecular weight is 502 g/mol. The Balaban J connectivity index is 1.20. The van der Waals surface area contributed by atoms with E-state index in [1.54, 1.807) is 23.4 Å². The Labute approximate surface area is 212 Å². The highest BCUT2D eigenvalue weighted by Gasteiger charge is 2.38. The van der Waals surface area contributed by atoms with Gasteiger partial charge >= 0.3 is 0 Å². The molecule has 2 atom stereocenters. The molecule has 9 nitrogen and oxygen atoms in total.